The number of alkyl carbamates (subject to hydrolysis) is 1. The number of nitrogens with one attached hydrogen (secondary N) is 1. The van der Waals surface area contributed by atoms with Gasteiger partial charge in [0, 0.05) is 19.1 Å². The molecule has 0 aromatic heterocycles. The lowest BCUT2D eigenvalue weighted by Gasteiger charge is -2.37. The highest BCUT2D eigenvalue weighted by Crippen LogP contribution is 2.17. The number of rotatable bonds is 8. The summed E-state index contributed by atoms with van der Waals surface area (Å²) in [5.41, 5.74) is 0. The van der Waals surface area contributed by atoms with Crippen LogP contribution in [0.25, 0.3) is 0 Å². The van der Waals surface area contributed by atoms with Gasteiger partial charge in [-0.1, -0.05) is 6.42 Å². The van der Waals surface area contributed by atoms with Crippen molar-refractivity contribution in [3.63, 3.8) is 0 Å². The molecule has 1 aliphatic rings. The summed E-state index contributed by atoms with van der Waals surface area (Å²) in [4.78, 5) is 16.0. The Labute approximate surface area is 123 Å². The summed E-state index contributed by atoms with van der Waals surface area (Å²) >= 11 is 0. The molecule has 0 bridgehead atoms. The number of ether oxygens (including phenoxy) is 1. The van der Waals surface area contributed by atoms with Crippen LogP contribution in [-0.2, 0) is 4.74 Å². The summed E-state index contributed by atoms with van der Waals surface area (Å²) in [5.74, 6) is 0. The van der Waals surface area contributed by atoms with E-state index in [1.165, 1.54) is 25.8 Å². The molecule has 1 heterocycles. The normalized spacial score (nSPS) is 20.1. The molecule has 1 N–H and O–H groups in total. The fourth-order valence-corrected chi connectivity index (χ4v) is 2.80. The first-order valence-electron chi connectivity index (χ1n) is 7.93. The number of likely N-dealkylation sites (N-methyl/N-ethyl adjacent to an activating group) is 1. The summed E-state index contributed by atoms with van der Waals surface area (Å²) in [5, 5.41) is 2.78. The minimum absolute atomic E-state index is 0.295. The van der Waals surface area contributed by atoms with Gasteiger partial charge < -0.3 is 15.0 Å². The van der Waals surface area contributed by atoms with Crippen LogP contribution in [0.1, 0.15) is 39.0 Å². The third-order valence-corrected chi connectivity index (χ3v) is 3.74. The van der Waals surface area contributed by atoms with Crippen molar-refractivity contribution in [2.45, 2.75) is 45.1 Å². The van der Waals surface area contributed by atoms with Crippen LogP contribution in [0.4, 0.5) is 4.79 Å². The highest BCUT2D eigenvalue weighted by Gasteiger charge is 2.21. The number of unbranched alkanes of at least 4 members (excludes halogenated alkanes) is 1. The highest BCUT2D eigenvalue weighted by atomic mass is 16.5. The standard InChI is InChI=1S/C15H31N3O2/c1-4-20-15(19)16-10-6-8-12-18-11-7-5-9-14(18)13-17(2)3/h14H,4-13H2,1-3H3,(H,16,19). The van der Waals surface area contributed by atoms with Gasteiger partial charge in [0.05, 0.1) is 6.61 Å². The van der Waals surface area contributed by atoms with Crippen molar-refractivity contribution in [1.29, 1.82) is 0 Å². The third kappa shape index (κ3) is 7.10. The molecule has 20 heavy (non-hydrogen) atoms. The minimum Gasteiger partial charge on any atom is -0.450 e. The van der Waals surface area contributed by atoms with E-state index in [9.17, 15) is 4.79 Å². The van der Waals surface area contributed by atoms with Crippen LogP contribution in [0.15, 0.2) is 0 Å². The van der Waals surface area contributed by atoms with Crippen LogP contribution in [-0.4, -0.2) is 68.8 Å². The largest absolute Gasteiger partial charge is 0.450 e. The van der Waals surface area contributed by atoms with E-state index in [4.69, 9.17) is 4.74 Å². The van der Waals surface area contributed by atoms with Crippen molar-refractivity contribution in [3.8, 4) is 0 Å². The molecular formula is C15H31N3O2. The number of carbonyl (C=O) groups excluding carboxylic acids is 1. The van der Waals surface area contributed by atoms with Crippen molar-refractivity contribution in [1.82, 2.24) is 15.1 Å². The Balaban J connectivity index is 2.14. The molecular weight excluding hydrogens is 254 g/mol. The highest BCUT2D eigenvalue weighted by molar-refractivity contribution is 5.66. The molecule has 118 valence electrons. The molecule has 0 aliphatic carbocycles. The Kier molecular flexibility index (Phi) is 8.62. The summed E-state index contributed by atoms with van der Waals surface area (Å²) in [6.07, 6.45) is 5.86. The number of hydrogen-bond acceptors (Lipinski definition) is 4. The van der Waals surface area contributed by atoms with Crippen molar-refractivity contribution < 1.29 is 9.53 Å². The molecule has 0 saturated carbocycles. The van der Waals surface area contributed by atoms with Crippen LogP contribution in [0.5, 0.6) is 0 Å². The zero-order chi connectivity index (χ0) is 14.8. The Morgan fingerprint density at radius 1 is 1.35 bits per heavy atom. The zero-order valence-corrected chi connectivity index (χ0v) is 13.4. The summed E-state index contributed by atoms with van der Waals surface area (Å²) in [6.45, 7) is 6.49. The first-order valence-corrected chi connectivity index (χ1v) is 7.93. The van der Waals surface area contributed by atoms with Crippen LogP contribution >= 0.6 is 0 Å². The predicted molar refractivity (Wildman–Crippen MR) is 82.0 cm³/mol. The lowest BCUT2D eigenvalue weighted by atomic mass is 10.0. The average molecular weight is 285 g/mol. The van der Waals surface area contributed by atoms with E-state index in [1.807, 2.05) is 6.92 Å². The minimum atomic E-state index is -0.295. The molecule has 0 spiro atoms. The van der Waals surface area contributed by atoms with Crippen molar-refractivity contribution in [2.75, 3.05) is 46.9 Å². The Bertz CT molecular complexity index is 272. The monoisotopic (exact) mass is 285 g/mol. The second kappa shape index (κ2) is 10.00. The molecule has 1 saturated heterocycles. The lowest BCUT2D eigenvalue weighted by Crippen LogP contribution is -2.45. The molecule has 1 fully saturated rings. The van der Waals surface area contributed by atoms with Gasteiger partial charge in [-0.2, -0.15) is 0 Å². The van der Waals surface area contributed by atoms with Gasteiger partial charge in [-0.15, -0.1) is 0 Å². The molecule has 1 unspecified atom stereocenters. The SMILES string of the molecule is CCOC(=O)NCCCCN1CCCCC1CN(C)C. The second-order valence-electron chi connectivity index (χ2n) is 5.80. The molecule has 1 atom stereocenters. The fourth-order valence-electron chi connectivity index (χ4n) is 2.80. The lowest BCUT2D eigenvalue weighted by molar-refractivity contribution is 0.119. The van der Waals surface area contributed by atoms with Crippen LogP contribution in [0.2, 0.25) is 0 Å². The smallest absolute Gasteiger partial charge is 0.407 e. The molecule has 5 nitrogen and oxygen atoms in total. The van der Waals surface area contributed by atoms with Gasteiger partial charge in [0.2, 0.25) is 0 Å². The zero-order valence-electron chi connectivity index (χ0n) is 13.4. The number of nitrogens with zero attached hydrogens (tertiary/aromatic N) is 2. The molecule has 5 heteroatoms. The Morgan fingerprint density at radius 3 is 2.85 bits per heavy atom. The van der Waals surface area contributed by atoms with Gasteiger partial charge in [-0.05, 0) is 59.8 Å². The van der Waals surface area contributed by atoms with Crippen molar-refractivity contribution in [3.05, 3.63) is 0 Å². The van der Waals surface area contributed by atoms with Gasteiger partial charge in [-0.3, -0.25) is 4.90 Å². The maximum Gasteiger partial charge on any atom is 0.407 e. The van der Waals surface area contributed by atoms with E-state index < -0.39 is 0 Å². The van der Waals surface area contributed by atoms with Crippen LogP contribution in [0.3, 0.4) is 0 Å². The quantitative estimate of drug-likeness (QED) is 0.692. The Hall–Kier alpha value is -0.810. The topological polar surface area (TPSA) is 44.8 Å². The maximum absolute atomic E-state index is 11.1. The Morgan fingerprint density at radius 2 is 2.15 bits per heavy atom. The maximum atomic E-state index is 11.1. The van der Waals surface area contributed by atoms with Gasteiger partial charge in [0.25, 0.3) is 0 Å². The molecule has 1 amide bonds. The summed E-state index contributed by atoms with van der Waals surface area (Å²) < 4.78 is 4.83. The van der Waals surface area contributed by atoms with E-state index >= 15 is 0 Å². The third-order valence-electron chi connectivity index (χ3n) is 3.74. The summed E-state index contributed by atoms with van der Waals surface area (Å²) in [7, 11) is 4.30. The number of likely N-dealkylation sites (tertiary alicyclic amines) is 1. The molecule has 1 aliphatic heterocycles. The van der Waals surface area contributed by atoms with E-state index in [2.05, 4.69) is 29.2 Å². The molecule has 1 rings (SSSR count). The average Bonchev–Trinajstić information content (AvgIpc) is 2.40. The van der Waals surface area contributed by atoms with Gasteiger partial charge in [-0.25, -0.2) is 4.79 Å². The van der Waals surface area contributed by atoms with E-state index in [1.54, 1.807) is 0 Å². The first kappa shape index (κ1) is 17.2. The molecule has 0 aromatic rings. The van der Waals surface area contributed by atoms with Gasteiger partial charge >= 0.3 is 6.09 Å². The van der Waals surface area contributed by atoms with Crippen LogP contribution in [0, 0.1) is 0 Å². The van der Waals surface area contributed by atoms with Gasteiger partial charge in [0.1, 0.15) is 0 Å². The van der Waals surface area contributed by atoms with Crippen molar-refractivity contribution >= 4 is 6.09 Å². The van der Waals surface area contributed by atoms with Gasteiger partial charge in [0.15, 0.2) is 0 Å². The molecule has 0 radical (unpaired) electrons. The van der Waals surface area contributed by atoms with Crippen molar-refractivity contribution in [2.24, 2.45) is 0 Å². The van der Waals surface area contributed by atoms with Crippen LogP contribution < -0.4 is 5.32 Å². The van der Waals surface area contributed by atoms with E-state index in [-0.39, 0.29) is 6.09 Å². The number of carbonyl (C=O) groups is 1. The van der Waals surface area contributed by atoms with E-state index in [0.717, 1.165) is 25.9 Å². The van der Waals surface area contributed by atoms with E-state index in [0.29, 0.717) is 19.2 Å². The number of amides is 1. The number of piperidine rings is 1. The fraction of sp³-hybridized carbons (Fsp3) is 0.933. The number of hydrogen-bond donors (Lipinski definition) is 1. The molecule has 0 aromatic carbocycles. The first-order chi connectivity index (χ1) is 9.63. The predicted octanol–water partition coefficient (Wildman–Crippen LogP) is 1.93. The second-order valence-corrected chi connectivity index (χ2v) is 5.80. The summed E-state index contributed by atoms with van der Waals surface area (Å²) in [6, 6.07) is 0.705.